The van der Waals surface area contributed by atoms with Crippen molar-refractivity contribution in [2.75, 3.05) is 91.1 Å². The van der Waals surface area contributed by atoms with Crippen LogP contribution in [0.3, 0.4) is 0 Å². The molecule has 8 rings (SSSR count). The summed E-state index contributed by atoms with van der Waals surface area (Å²) in [5.41, 5.74) is 1.97. The lowest BCUT2D eigenvalue weighted by molar-refractivity contribution is 0.0266. The van der Waals surface area contributed by atoms with Gasteiger partial charge in [-0.1, -0.05) is 0 Å². The normalized spacial score (nSPS) is 16.9. The largest absolute Gasteiger partial charge is 0.490 e. The zero-order valence-corrected chi connectivity index (χ0v) is 43.4. The molecule has 4 aliphatic heterocycles. The van der Waals surface area contributed by atoms with Crippen LogP contribution in [-0.2, 0) is 18.9 Å². The number of esters is 2. The van der Waals surface area contributed by atoms with Crippen LogP contribution in [0.2, 0.25) is 0 Å². The van der Waals surface area contributed by atoms with Gasteiger partial charge in [0.2, 0.25) is 11.8 Å². The van der Waals surface area contributed by atoms with Gasteiger partial charge in [-0.05, 0) is 93.9 Å². The number of carbonyl (C=O) groups excluding carboxylic acids is 4. The van der Waals surface area contributed by atoms with E-state index in [4.69, 9.17) is 42.6 Å². The van der Waals surface area contributed by atoms with Crippen molar-refractivity contribution >= 4 is 57.1 Å². The first-order chi connectivity index (χ1) is 33.8. The lowest BCUT2D eigenvalue weighted by Crippen LogP contribution is -2.36. The van der Waals surface area contributed by atoms with Gasteiger partial charge >= 0.3 is 24.1 Å². The first-order valence-corrected chi connectivity index (χ1v) is 23.8. The van der Waals surface area contributed by atoms with Crippen molar-refractivity contribution < 1.29 is 66.5 Å². The van der Waals surface area contributed by atoms with E-state index in [9.17, 15) is 19.2 Å². The highest BCUT2D eigenvalue weighted by Crippen LogP contribution is 2.40. The maximum atomic E-state index is 12.4. The minimum atomic E-state index is -0.540. The molecule has 0 radical (unpaired) electrons. The van der Waals surface area contributed by atoms with Crippen LogP contribution in [0.15, 0.2) is 65.4 Å². The highest BCUT2D eigenvalue weighted by atomic mass is 79.9. The van der Waals surface area contributed by atoms with Crippen LogP contribution in [0, 0.1) is 0 Å². The van der Waals surface area contributed by atoms with Gasteiger partial charge in [0.05, 0.1) is 71.3 Å². The van der Waals surface area contributed by atoms with Crippen LogP contribution in [-0.4, -0.2) is 148 Å². The van der Waals surface area contributed by atoms with Crippen molar-refractivity contribution in [1.82, 2.24) is 19.8 Å². The second-order valence-electron chi connectivity index (χ2n) is 18.4. The molecular weight excluding hydrogens is 988 g/mol. The second kappa shape index (κ2) is 23.8. The Kier molecular flexibility index (Phi) is 17.9. The number of aromatic nitrogens is 2. The Balaban J connectivity index is 0.000000195. The fraction of sp³-hybridized carbons (Fsp3) is 0.480. The first-order valence-electron chi connectivity index (χ1n) is 23.0. The number of rotatable bonds is 9. The van der Waals surface area contributed by atoms with Crippen LogP contribution in [0.25, 0.3) is 0 Å². The number of hydrogen-bond acceptors (Lipinski definition) is 18. The number of nitrogens with zero attached hydrogens (tertiary/aromatic N) is 5. The van der Waals surface area contributed by atoms with Crippen molar-refractivity contribution in [3.05, 3.63) is 76.5 Å². The molecule has 0 spiro atoms. The number of amides is 2. The van der Waals surface area contributed by atoms with Gasteiger partial charge in [-0.25, -0.2) is 29.1 Å². The molecule has 2 atom stereocenters. The van der Waals surface area contributed by atoms with Crippen LogP contribution in [0.1, 0.15) is 75.1 Å². The third kappa shape index (κ3) is 14.8. The predicted octanol–water partition coefficient (Wildman–Crippen LogP) is 8.31. The molecule has 2 aromatic carbocycles. The van der Waals surface area contributed by atoms with E-state index in [0.717, 1.165) is 35.8 Å². The molecule has 6 heterocycles. The number of benzene rings is 2. The monoisotopic (exact) mass is 1050 g/mol. The Bertz CT molecular complexity index is 2520. The van der Waals surface area contributed by atoms with Crippen LogP contribution >= 0.6 is 15.9 Å². The number of ether oxygens (including phenoxy) is 10. The SMILES string of the molecule is CC(C)(C)OC(=O)N1CC[C@H](Oc2ccc3c(c2)NCCO3)C1.COC(=O)c1cc(Br)cnc1OC.COC(=O)c1cc(N2CCOc3ccc(O[C@H]4CCN(C(=O)OC(C)(C)C)C4)cc32)cnc1OC. The Hall–Kier alpha value is -6.90. The molecule has 2 aromatic heterocycles. The molecule has 1 N–H and O–H groups in total. The molecule has 20 nitrogen and oxygen atoms in total. The van der Waals surface area contributed by atoms with Crippen molar-refractivity contribution in [3.8, 4) is 34.8 Å². The van der Waals surface area contributed by atoms with E-state index in [2.05, 4.69) is 36.0 Å². The van der Waals surface area contributed by atoms with Gasteiger partial charge in [0.15, 0.2) is 0 Å². The first kappa shape index (κ1) is 53.5. The van der Waals surface area contributed by atoms with Crippen molar-refractivity contribution in [2.45, 2.75) is 77.8 Å². The molecular formula is C50H63BrN6O14. The summed E-state index contributed by atoms with van der Waals surface area (Å²) in [5.74, 6) is 2.45. The van der Waals surface area contributed by atoms with Gasteiger partial charge in [-0.15, -0.1) is 0 Å². The Morgan fingerprint density at radius 3 is 1.73 bits per heavy atom. The van der Waals surface area contributed by atoms with E-state index in [1.807, 2.05) is 82.8 Å². The Labute approximate surface area is 422 Å². The molecule has 0 aliphatic carbocycles. The maximum absolute atomic E-state index is 12.4. The zero-order chi connectivity index (χ0) is 51.5. The van der Waals surface area contributed by atoms with E-state index in [1.54, 1.807) is 34.3 Å². The number of hydrogen-bond donors (Lipinski definition) is 1. The molecule has 4 aliphatic rings. The minimum Gasteiger partial charge on any atom is -0.490 e. The molecule has 2 saturated heterocycles. The molecule has 0 bridgehead atoms. The summed E-state index contributed by atoms with van der Waals surface area (Å²) in [7, 11) is 5.52. The van der Waals surface area contributed by atoms with Gasteiger partial charge in [-0.3, -0.25) is 0 Å². The van der Waals surface area contributed by atoms with Gasteiger partial charge in [0.25, 0.3) is 0 Å². The third-order valence-electron chi connectivity index (χ3n) is 10.8. The van der Waals surface area contributed by atoms with E-state index >= 15 is 0 Å². The highest BCUT2D eigenvalue weighted by molar-refractivity contribution is 9.10. The van der Waals surface area contributed by atoms with Crippen LogP contribution < -0.4 is 38.6 Å². The fourth-order valence-corrected chi connectivity index (χ4v) is 7.93. The molecule has 2 fully saturated rings. The topological polar surface area (TPSA) is 208 Å². The number of carbonyl (C=O) groups is 4. The smallest absolute Gasteiger partial charge is 0.410 e. The van der Waals surface area contributed by atoms with Gasteiger partial charge in [0.1, 0.15) is 70.7 Å². The fourth-order valence-electron chi connectivity index (χ4n) is 7.60. The van der Waals surface area contributed by atoms with Crippen molar-refractivity contribution in [1.29, 1.82) is 0 Å². The van der Waals surface area contributed by atoms with E-state index in [-0.39, 0.29) is 41.7 Å². The maximum Gasteiger partial charge on any atom is 0.410 e. The predicted molar refractivity (Wildman–Crippen MR) is 265 cm³/mol. The number of pyridine rings is 2. The van der Waals surface area contributed by atoms with Gasteiger partial charge in [0, 0.05) is 55.3 Å². The number of methoxy groups -OCH3 is 4. The van der Waals surface area contributed by atoms with Crippen molar-refractivity contribution in [2.24, 2.45) is 0 Å². The molecule has 21 heteroatoms. The van der Waals surface area contributed by atoms with Crippen LogP contribution in [0.4, 0.5) is 26.7 Å². The average molecular weight is 1050 g/mol. The lowest BCUT2D eigenvalue weighted by Gasteiger charge is -2.32. The summed E-state index contributed by atoms with van der Waals surface area (Å²) in [6.07, 6.45) is 3.94. The van der Waals surface area contributed by atoms with Gasteiger partial charge < -0.3 is 67.4 Å². The average Bonchev–Trinajstić information content (AvgIpc) is 4.03. The molecule has 384 valence electrons. The summed E-state index contributed by atoms with van der Waals surface area (Å²) < 4.78 is 54.7. The molecule has 71 heavy (non-hydrogen) atoms. The number of nitrogens with one attached hydrogen (secondary N) is 1. The summed E-state index contributed by atoms with van der Waals surface area (Å²) in [6, 6.07) is 14.7. The Morgan fingerprint density at radius 1 is 0.662 bits per heavy atom. The summed E-state index contributed by atoms with van der Waals surface area (Å²) in [6.45, 7) is 15.9. The van der Waals surface area contributed by atoms with E-state index in [1.165, 1.54) is 28.4 Å². The molecule has 0 unspecified atom stereocenters. The quantitative estimate of drug-likeness (QED) is 0.123. The van der Waals surface area contributed by atoms with Crippen LogP contribution in [0.5, 0.6) is 34.8 Å². The molecule has 2 amide bonds. The minimum absolute atomic E-state index is 0.00919. The number of likely N-dealkylation sites (tertiary alicyclic amines) is 2. The number of anilines is 3. The standard InChI is InChI=1S/C25H31N3O7.C17H24N2O4.C8H8BrNO3/c1-25(2,3)35-24(30)27-9-8-18(15-27)34-17-6-7-21-20(13-17)28(10-11-33-21)16-12-19(23(29)32-5)22(31-4)26-14-16;1-17(2,3)23-16(20)19-8-6-13(11-19)22-12-4-5-15-14(10-12)18-7-9-21-15;1-12-7-6(8(11)13-2)3-5(9)4-10-7/h6-7,12-14,18H,8-11,15H2,1-5H3;4-5,10,13,18H,6-9,11H2,1-3H3;3-4H,1-2H3/t18-;13-;/m00./s1. The van der Waals surface area contributed by atoms with Crippen molar-refractivity contribution in [3.63, 3.8) is 0 Å². The number of fused-ring (bicyclic) bond motifs is 2. The summed E-state index contributed by atoms with van der Waals surface area (Å²) in [4.78, 5) is 61.4. The highest BCUT2D eigenvalue weighted by Gasteiger charge is 2.33. The van der Waals surface area contributed by atoms with E-state index < -0.39 is 23.1 Å². The zero-order valence-electron chi connectivity index (χ0n) is 41.8. The summed E-state index contributed by atoms with van der Waals surface area (Å²) >= 11 is 3.20. The second-order valence-corrected chi connectivity index (χ2v) is 19.3. The molecule has 0 saturated carbocycles. The van der Waals surface area contributed by atoms with Gasteiger partial charge in [-0.2, -0.15) is 0 Å². The van der Waals surface area contributed by atoms with E-state index in [0.29, 0.717) is 79.6 Å². The third-order valence-corrected chi connectivity index (χ3v) is 11.2. The molecule has 4 aromatic rings. The lowest BCUT2D eigenvalue weighted by atomic mass is 10.1. The Morgan fingerprint density at radius 2 is 1.18 bits per heavy atom. The summed E-state index contributed by atoms with van der Waals surface area (Å²) in [5, 5.41) is 3.29. The number of halogens is 1.